The standard InChI is InChI=1S/C24H26F2N6O4S3/c1-13(2)38(33,34)15-7-5-14(6-8-15)17-11-16(39(35,36)31-24(27-3)9-10-24)12-18-19(30-32(4)20(17)18)22-28-29-23(37-22)21(25)26/h5,11-13,15,21,31H,6-10H2,1-2,4H3. The van der Waals surface area contributed by atoms with Crippen LogP contribution in [-0.2, 0) is 26.9 Å². The van der Waals surface area contributed by atoms with Crippen molar-refractivity contribution in [1.82, 2.24) is 24.7 Å². The molecule has 0 spiro atoms. The van der Waals surface area contributed by atoms with Crippen molar-refractivity contribution in [2.45, 2.75) is 73.4 Å². The molecule has 1 aromatic carbocycles. The van der Waals surface area contributed by atoms with E-state index in [1.165, 1.54) is 16.8 Å². The van der Waals surface area contributed by atoms with Crippen LogP contribution in [0, 0.1) is 6.57 Å². The number of halogens is 2. The van der Waals surface area contributed by atoms with E-state index in [4.69, 9.17) is 6.57 Å². The maximum atomic E-state index is 13.4. The number of sulfone groups is 1. The van der Waals surface area contributed by atoms with Gasteiger partial charge in [-0.05, 0) is 50.8 Å². The fourth-order valence-corrected chi connectivity index (χ4v) is 8.46. The van der Waals surface area contributed by atoms with Crippen molar-refractivity contribution in [2.75, 3.05) is 0 Å². The third-order valence-corrected chi connectivity index (χ3v) is 12.3. The second-order valence-corrected chi connectivity index (χ2v) is 15.6. The zero-order valence-electron chi connectivity index (χ0n) is 21.3. The molecule has 0 bridgehead atoms. The molecule has 1 saturated carbocycles. The molecule has 1 N–H and O–H groups in total. The van der Waals surface area contributed by atoms with Crippen molar-refractivity contribution >= 4 is 47.7 Å². The molecule has 0 radical (unpaired) electrons. The third-order valence-electron chi connectivity index (χ3n) is 7.14. The van der Waals surface area contributed by atoms with Crippen LogP contribution in [0.1, 0.15) is 62.9 Å². The summed E-state index contributed by atoms with van der Waals surface area (Å²) < 4.78 is 82.8. The highest BCUT2D eigenvalue weighted by molar-refractivity contribution is 7.92. The van der Waals surface area contributed by atoms with E-state index in [1.54, 1.807) is 20.9 Å². The Kier molecular flexibility index (Phi) is 6.89. The van der Waals surface area contributed by atoms with Gasteiger partial charge in [-0.25, -0.2) is 32.2 Å². The molecule has 2 heterocycles. The van der Waals surface area contributed by atoms with Crippen molar-refractivity contribution in [2.24, 2.45) is 7.05 Å². The van der Waals surface area contributed by atoms with Gasteiger partial charge in [0.25, 0.3) is 12.1 Å². The lowest BCUT2D eigenvalue weighted by molar-refractivity contribution is 0.150. The van der Waals surface area contributed by atoms with E-state index in [1.807, 2.05) is 6.08 Å². The van der Waals surface area contributed by atoms with Crippen LogP contribution in [0.25, 0.3) is 32.0 Å². The molecule has 3 aromatic rings. The van der Waals surface area contributed by atoms with Gasteiger partial charge in [0, 0.05) is 18.0 Å². The van der Waals surface area contributed by atoms with Gasteiger partial charge >= 0.3 is 0 Å². The van der Waals surface area contributed by atoms with E-state index in [-0.39, 0.29) is 22.0 Å². The van der Waals surface area contributed by atoms with E-state index in [0.29, 0.717) is 53.5 Å². The molecule has 0 amide bonds. The summed E-state index contributed by atoms with van der Waals surface area (Å²) in [6.45, 7) is 10.7. The number of sulfonamides is 1. The summed E-state index contributed by atoms with van der Waals surface area (Å²) in [5.74, 6) is 0. The van der Waals surface area contributed by atoms with Gasteiger partial charge in [0.15, 0.2) is 19.9 Å². The summed E-state index contributed by atoms with van der Waals surface area (Å²) in [5, 5.41) is 10.9. The highest BCUT2D eigenvalue weighted by Crippen LogP contribution is 2.42. The van der Waals surface area contributed by atoms with Gasteiger partial charge in [-0.1, -0.05) is 17.4 Å². The average Bonchev–Trinajstić information content (AvgIpc) is 3.31. The predicted octanol–water partition coefficient (Wildman–Crippen LogP) is 4.48. The van der Waals surface area contributed by atoms with Crippen LogP contribution in [0.3, 0.4) is 0 Å². The minimum Gasteiger partial charge on any atom is -0.292 e. The Balaban J connectivity index is 1.67. The average molecular weight is 597 g/mol. The lowest BCUT2D eigenvalue weighted by atomic mass is 9.92. The second kappa shape index (κ2) is 9.69. The Hall–Kier alpha value is -2.80. The van der Waals surface area contributed by atoms with Gasteiger partial charge in [0.05, 0.1) is 33.8 Å². The molecular formula is C24H26F2N6O4S3. The molecule has 15 heteroatoms. The van der Waals surface area contributed by atoms with Gasteiger partial charge in [0.2, 0.25) is 10.0 Å². The fraction of sp³-hybridized carbons (Fsp3) is 0.500. The highest BCUT2D eigenvalue weighted by atomic mass is 32.2. The normalized spacial score (nSPS) is 19.4. The lowest BCUT2D eigenvalue weighted by Crippen LogP contribution is -2.34. The Bertz CT molecular complexity index is 1750. The number of fused-ring (bicyclic) bond motifs is 1. The molecule has 0 aliphatic heterocycles. The summed E-state index contributed by atoms with van der Waals surface area (Å²) in [6, 6.07) is 2.91. The number of benzene rings is 1. The van der Waals surface area contributed by atoms with Gasteiger partial charge in [0.1, 0.15) is 5.69 Å². The van der Waals surface area contributed by atoms with E-state index < -0.39 is 47.5 Å². The van der Waals surface area contributed by atoms with Crippen molar-refractivity contribution in [1.29, 1.82) is 0 Å². The Morgan fingerprint density at radius 3 is 2.46 bits per heavy atom. The van der Waals surface area contributed by atoms with Gasteiger partial charge in [-0.15, -0.1) is 14.9 Å². The first-order valence-corrected chi connectivity index (χ1v) is 16.2. The number of nitrogens with one attached hydrogen (secondary N) is 1. The summed E-state index contributed by atoms with van der Waals surface area (Å²) in [4.78, 5) is 3.33. The number of allylic oxidation sites excluding steroid dienone is 2. The SMILES string of the molecule is [C-]#[N+]C1(NS(=O)(=O)c2cc(C3=CCC(S(=O)(=O)C(C)C)CC3)c3c(c2)c(-c2nnc(C(F)F)s2)nn3C)CC1. The summed E-state index contributed by atoms with van der Waals surface area (Å²) in [6.07, 6.45) is 0.870. The van der Waals surface area contributed by atoms with Crippen LogP contribution in [-0.4, -0.2) is 53.0 Å². The van der Waals surface area contributed by atoms with Crippen LogP contribution in [0.2, 0.25) is 0 Å². The number of rotatable bonds is 8. The molecular weight excluding hydrogens is 570 g/mol. The summed E-state index contributed by atoms with van der Waals surface area (Å²) in [5.41, 5.74) is 0.901. The second-order valence-electron chi connectivity index (χ2n) is 10.1. The maximum absolute atomic E-state index is 13.4. The number of alkyl halides is 2. The zero-order valence-corrected chi connectivity index (χ0v) is 23.8. The van der Waals surface area contributed by atoms with Crippen LogP contribution >= 0.6 is 11.3 Å². The molecule has 5 rings (SSSR count). The molecule has 10 nitrogen and oxygen atoms in total. The Morgan fingerprint density at radius 2 is 1.92 bits per heavy atom. The molecule has 2 aromatic heterocycles. The van der Waals surface area contributed by atoms with E-state index in [2.05, 4.69) is 24.9 Å². The lowest BCUT2D eigenvalue weighted by Gasteiger charge is -2.24. The first-order valence-electron chi connectivity index (χ1n) is 12.3. The van der Waals surface area contributed by atoms with E-state index in [0.717, 1.165) is 5.57 Å². The van der Waals surface area contributed by atoms with Crippen LogP contribution in [0.15, 0.2) is 23.1 Å². The molecule has 1 unspecified atom stereocenters. The summed E-state index contributed by atoms with van der Waals surface area (Å²) in [7, 11) is -5.79. The van der Waals surface area contributed by atoms with Gasteiger partial charge < -0.3 is 0 Å². The number of aryl methyl sites for hydroxylation is 1. The first kappa shape index (κ1) is 27.8. The van der Waals surface area contributed by atoms with E-state index >= 15 is 0 Å². The minimum atomic E-state index is -4.14. The zero-order chi connectivity index (χ0) is 28.3. The molecule has 0 saturated heterocycles. The van der Waals surface area contributed by atoms with Crippen molar-refractivity contribution in [3.63, 3.8) is 0 Å². The van der Waals surface area contributed by atoms with Crippen molar-refractivity contribution < 1.29 is 25.6 Å². The maximum Gasteiger partial charge on any atom is 0.299 e. The van der Waals surface area contributed by atoms with Crippen LogP contribution < -0.4 is 4.72 Å². The number of hydrogen-bond donors (Lipinski definition) is 1. The fourth-order valence-electron chi connectivity index (χ4n) is 4.77. The Labute approximate surface area is 228 Å². The molecule has 208 valence electrons. The molecule has 1 fully saturated rings. The highest BCUT2D eigenvalue weighted by Gasteiger charge is 2.54. The topological polar surface area (TPSA) is 128 Å². The monoisotopic (exact) mass is 596 g/mol. The largest absolute Gasteiger partial charge is 0.299 e. The molecule has 1 atom stereocenters. The third kappa shape index (κ3) is 4.99. The van der Waals surface area contributed by atoms with Crippen molar-refractivity contribution in [3.8, 4) is 10.7 Å². The quantitative estimate of drug-likeness (QED) is 0.380. The van der Waals surface area contributed by atoms with E-state index in [9.17, 15) is 25.6 Å². The minimum absolute atomic E-state index is 0.106. The number of aromatic nitrogens is 4. The predicted molar refractivity (Wildman–Crippen MR) is 143 cm³/mol. The number of hydrogen-bond acceptors (Lipinski definition) is 8. The Morgan fingerprint density at radius 1 is 1.21 bits per heavy atom. The first-order chi connectivity index (χ1) is 18.3. The number of nitrogens with zero attached hydrogens (tertiary/aromatic N) is 5. The van der Waals surface area contributed by atoms with Crippen LogP contribution in [0.5, 0.6) is 0 Å². The smallest absolute Gasteiger partial charge is 0.292 e. The molecule has 2 aliphatic carbocycles. The van der Waals surface area contributed by atoms with Crippen LogP contribution in [0.4, 0.5) is 8.78 Å². The van der Waals surface area contributed by atoms with Gasteiger partial charge in [-0.3, -0.25) is 9.53 Å². The summed E-state index contributed by atoms with van der Waals surface area (Å²) >= 11 is 0.672. The van der Waals surface area contributed by atoms with Crippen molar-refractivity contribution in [3.05, 3.63) is 40.2 Å². The molecule has 39 heavy (non-hydrogen) atoms. The van der Waals surface area contributed by atoms with Gasteiger partial charge in [-0.2, -0.15) is 5.10 Å². The molecule has 2 aliphatic rings.